The van der Waals surface area contributed by atoms with Gasteiger partial charge in [-0.05, 0) is 33.1 Å². The number of nitrogens with zero attached hydrogens (tertiary/aromatic N) is 2. The molecule has 5 heteroatoms. The Kier molecular flexibility index (Phi) is 4.59. The van der Waals surface area contributed by atoms with Gasteiger partial charge in [0.2, 0.25) is 5.91 Å². The lowest BCUT2D eigenvalue weighted by molar-refractivity contribution is -0.129. The largest absolute Gasteiger partial charge is 0.444 e. The summed E-state index contributed by atoms with van der Waals surface area (Å²) in [6, 6.07) is 0. The van der Waals surface area contributed by atoms with Gasteiger partial charge in [-0.25, -0.2) is 4.79 Å². The van der Waals surface area contributed by atoms with E-state index in [1.165, 1.54) is 0 Å². The van der Waals surface area contributed by atoms with Gasteiger partial charge in [0.1, 0.15) is 5.60 Å². The molecule has 0 bridgehead atoms. The van der Waals surface area contributed by atoms with E-state index in [1.54, 1.807) is 23.9 Å². The lowest BCUT2D eigenvalue weighted by atomic mass is 10.0. The molecule has 104 valence electrons. The minimum Gasteiger partial charge on any atom is -0.444 e. The maximum atomic E-state index is 11.8. The standard InChI is InChI=1S/C13H24N2O3/c1-13(2,3)18-12(17)15-7-6-10(9-15)8-11(16)14(4)5/h10H,6-9H2,1-5H3. The zero-order valence-electron chi connectivity index (χ0n) is 12.0. The van der Waals surface area contributed by atoms with Crippen LogP contribution in [-0.2, 0) is 9.53 Å². The topological polar surface area (TPSA) is 49.9 Å². The third kappa shape index (κ3) is 4.55. The van der Waals surface area contributed by atoms with Crippen molar-refractivity contribution >= 4 is 12.0 Å². The molecule has 0 aliphatic carbocycles. The quantitative estimate of drug-likeness (QED) is 0.756. The molecular weight excluding hydrogens is 232 g/mol. The summed E-state index contributed by atoms with van der Waals surface area (Å²) in [5.74, 6) is 0.374. The van der Waals surface area contributed by atoms with E-state index in [0.29, 0.717) is 19.5 Å². The van der Waals surface area contributed by atoms with E-state index in [4.69, 9.17) is 4.74 Å². The molecule has 1 unspecified atom stereocenters. The molecule has 1 fully saturated rings. The van der Waals surface area contributed by atoms with Crippen molar-refractivity contribution in [3.05, 3.63) is 0 Å². The van der Waals surface area contributed by atoms with Gasteiger partial charge < -0.3 is 14.5 Å². The summed E-state index contributed by atoms with van der Waals surface area (Å²) in [6.45, 7) is 6.87. The molecule has 0 aromatic heterocycles. The van der Waals surface area contributed by atoms with Crippen LogP contribution in [0, 0.1) is 5.92 Å². The fraction of sp³-hybridized carbons (Fsp3) is 0.846. The van der Waals surface area contributed by atoms with Gasteiger partial charge in [0.05, 0.1) is 0 Å². The van der Waals surface area contributed by atoms with Crippen molar-refractivity contribution < 1.29 is 14.3 Å². The second-order valence-electron chi connectivity index (χ2n) is 6.07. The highest BCUT2D eigenvalue weighted by Crippen LogP contribution is 2.22. The summed E-state index contributed by atoms with van der Waals surface area (Å²) in [5, 5.41) is 0. The summed E-state index contributed by atoms with van der Waals surface area (Å²) < 4.78 is 5.31. The smallest absolute Gasteiger partial charge is 0.410 e. The number of ether oxygens (including phenoxy) is 1. The number of hydrogen-bond donors (Lipinski definition) is 0. The molecule has 1 heterocycles. The molecule has 1 aliphatic rings. The first-order chi connectivity index (χ1) is 8.19. The predicted octanol–water partition coefficient (Wildman–Crippen LogP) is 1.72. The lowest BCUT2D eigenvalue weighted by Crippen LogP contribution is -2.35. The average molecular weight is 256 g/mol. The molecule has 1 saturated heterocycles. The van der Waals surface area contributed by atoms with Crippen LogP contribution in [0.1, 0.15) is 33.6 Å². The zero-order valence-corrected chi connectivity index (χ0v) is 12.0. The molecule has 1 aliphatic heterocycles. The van der Waals surface area contributed by atoms with E-state index in [9.17, 15) is 9.59 Å². The Morgan fingerprint density at radius 3 is 2.44 bits per heavy atom. The third-order valence-corrected chi connectivity index (χ3v) is 2.90. The Balaban J connectivity index is 2.42. The van der Waals surface area contributed by atoms with Crippen LogP contribution in [0.5, 0.6) is 0 Å². The van der Waals surface area contributed by atoms with E-state index < -0.39 is 5.60 Å². The van der Waals surface area contributed by atoms with Crippen molar-refractivity contribution in [3.8, 4) is 0 Å². The number of carbonyl (C=O) groups is 2. The van der Waals surface area contributed by atoms with Gasteiger partial charge >= 0.3 is 6.09 Å². The average Bonchev–Trinajstić information content (AvgIpc) is 2.63. The maximum Gasteiger partial charge on any atom is 0.410 e. The Hall–Kier alpha value is -1.26. The predicted molar refractivity (Wildman–Crippen MR) is 69.2 cm³/mol. The van der Waals surface area contributed by atoms with Gasteiger partial charge in [-0.2, -0.15) is 0 Å². The highest BCUT2D eigenvalue weighted by atomic mass is 16.6. The summed E-state index contributed by atoms with van der Waals surface area (Å²) in [4.78, 5) is 26.7. The Labute approximate surface area is 109 Å². The normalized spacial score (nSPS) is 19.8. The highest BCUT2D eigenvalue weighted by molar-refractivity contribution is 5.76. The van der Waals surface area contributed by atoms with E-state index in [2.05, 4.69) is 0 Å². The lowest BCUT2D eigenvalue weighted by Gasteiger charge is -2.24. The van der Waals surface area contributed by atoms with Crippen LogP contribution in [0.2, 0.25) is 0 Å². The molecule has 0 saturated carbocycles. The first-order valence-corrected chi connectivity index (χ1v) is 6.37. The first-order valence-electron chi connectivity index (χ1n) is 6.37. The Morgan fingerprint density at radius 1 is 1.33 bits per heavy atom. The van der Waals surface area contributed by atoms with E-state index in [-0.39, 0.29) is 17.9 Å². The zero-order chi connectivity index (χ0) is 13.9. The van der Waals surface area contributed by atoms with Crippen LogP contribution in [0.25, 0.3) is 0 Å². The molecule has 0 aromatic rings. The summed E-state index contributed by atoms with van der Waals surface area (Å²) in [5.41, 5.74) is -0.464. The van der Waals surface area contributed by atoms with E-state index >= 15 is 0 Å². The van der Waals surface area contributed by atoms with E-state index in [0.717, 1.165) is 6.42 Å². The minimum atomic E-state index is -0.464. The molecule has 2 amide bonds. The molecular formula is C13H24N2O3. The number of amides is 2. The minimum absolute atomic E-state index is 0.117. The fourth-order valence-corrected chi connectivity index (χ4v) is 1.92. The van der Waals surface area contributed by atoms with Crippen molar-refractivity contribution in [1.82, 2.24) is 9.80 Å². The highest BCUT2D eigenvalue weighted by Gasteiger charge is 2.30. The van der Waals surface area contributed by atoms with Crippen LogP contribution >= 0.6 is 0 Å². The van der Waals surface area contributed by atoms with Crippen molar-refractivity contribution in [3.63, 3.8) is 0 Å². The van der Waals surface area contributed by atoms with Gasteiger partial charge in [0, 0.05) is 33.6 Å². The molecule has 1 rings (SSSR count). The van der Waals surface area contributed by atoms with Crippen LogP contribution in [0.15, 0.2) is 0 Å². The fourth-order valence-electron chi connectivity index (χ4n) is 1.92. The molecule has 0 aromatic carbocycles. The maximum absolute atomic E-state index is 11.8. The van der Waals surface area contributed by atoms with Crippen molar-refractivity contribution in [2.75, 3.05) is 27.2 Å². The van der Waals surface area contributed by atoms with Gasteiger partial charge in [-0.1, -0.05) is 0 Å². The monoisotopic (exact) mass is 256 g/mol. The van der Waals surface area contributed by atoms with Gasteiger partial charge in [0.25, 0.3) is 0 Å². The summed E-state index contributed by atoms with van der Waals surface area (Å²) in [7, 11) is 3.51. The first kappa shape index (κ1) is 14.8. The number of rotatable bonds is 2. The van der Waals surface area contributed by atoms with Crippen LogP contribution < -0.4 is 0 Å². The molecule has 0 spiro atoms. The van der Waals surface area contributed by atoms with Crippen molar-refractivity contribution in [1.29, 1.82) is 0 Å². The third-order valence-electron chi connectivity index (χ3n) is 2.90. The van der Waals surface area contributed by atoms with Gasteiger partial charge in [-0.15, -0.1) is 0 Å². The molecule has 18 heavy (non-hydrogen) atoms. The molecule has 0 radical (unpaired) electrons. The van der Waals surface area contributed by atoms with Crippen LogP contribution in [-0.4, -0.2) is 54.6 Å². The second kappa shape index (κ2) is 5.59. The van der Waals surface area contributed by atoms with Crippen LogP contribution in [0.3, 0.4) is 0 Å². The molecule has 5 nitrogen and oxygen atoms in total. The molecule has 0 N–H and O–H groups in total. The Bertz CT molecular complexity index is 321. The second-order valence-corrected chi connectivity index (χ2v) is 6.07. The van der Waals surface area contributed by atoms with Gasteiger partial charge in [-0.3, -0.25) is 4.79 Å². The SMILES string of the molecule is CN(C)C(=O)CC1CCN(C(=O)OC(C)(C)C)C1. The summed E-state index contributed by atoms with van der Waals surface area (Å²) in [6.07, 6.45) is 1.10. The van der Waals surface area contributed by atoms with Crippen LogP contribution in [0.4, 0.5) is 4.79 Å². The Morgan fingerprint density at radius 2 is 1.94 bits per heavy atom. The van der Waals surface area contributed by atoms with Crippen molar-refractivity contribution in [2.24, 2.45) is 5.92 Å². The number of carbonyl (C=O) groups excluding carboxylic acids is 2. The van der Waals surface area contributed by atoms with Gasteiger partial charge in [0.15, 0.2) is 0 Å². The van der Waals surface area contributed by atoms with E-state index in [1.807, 2.05) is 20.8 Å². The number of hydrogen-bond acceptors (Lipinski definition) is 3. The number of likely N-dealkylation sites (tertiary alicyclic amines) is 1. The summed E-state index contributed by atoms with van der Waals surface area (Å²) >= 11 is 0. The molecule has 1 atom stereocenters. The van der Waals surface area contributed by atoms with Crippen molar-refractivity contribution in [2.45, 2.75) is 39.2 Å².